The molecule has 0 spiro atoms. The van der Waals surface area contributed by atoms with Crippen LogP contribution in [0.25, 0.3) is 11.0 Å². The topological polar surface area (TPSA) is 33.4 Å². The van der Waals surface area contributed by atoms with Crippen LogP contribution in [-0.2, 0) is 0 Å². The van der Waals surface area contributed by atoms with E-state index >= 15 is 0 Å². The number of rotatable bonds is 2. The molecule has 0 aliphatic heterocycles. The smallest absolute Gasteiger partial charge is 0.178 e. The summed E-state index contributed by atoms with van der Waals surface area (Å²) < 4.78 is 5.51. The Labute approximate surface area is 88.5 Å². The SMILES string of the molecule is OCCCC#Cc1cc2ccccc2o1. The molecule has 76 valence electrons. The van der Waals surface area contributed by atoms with Gasteiger partial charge >= 0.3 is 0 Å². The number of unbranched alkanes of at least 4 members (excludes halogenated alkanes) is 1. The second-order valence-electron chi connectivity index (χ2n) is 3.28. The third-order valence-electron chi connectivity index (χ3n) is 2.10. The quantitative estimate of drug-likeness (QED) is 0.597. The van der Waals surface area contributed by atoms with Crippen LogP contribution >= 0.6 is 0 Å². The van der Waals surface area contributed by atoms with Crippen LogP contribution in [-0.4, -0.2) is 11.7 Å². The summed E-state index contributed by atoms with van der Waals surface area (Å²) in [6.45, 7) is 0.189. The molecule has 0 aliphatic carbocycles. The van der Waals surface area contributed by atoms with Crippen LogP contribution in [0.3, 0.4) is 0 Å². The second kappa shape index (κ2) is 4.68. The molecule has 1 N–H and O–H groups in total. The monoisotopic (exact) mass is 200 g/mol. The van der Waals surface area contributed by atoms with Crippen molar-refractivity contribution in [2.24, 2.45) is 0 Å². The number of aliphatic hydroxyl groups is 1. The Morgan fingerprint density at radius 3 is 2.93 bits per heavy atom. The van der Waals surface area contributed by atoms with E-state index in [-0.39, 0.29) is 6.61 Å². The lowest BCUT2D eigenvalue weighted by Gasteiger charge is -1.83. The van der Waals surface area contributed by atoms with Crippen molar-refractivity contribution in [1.29, 1.82) is 0 Å². The lowest BCUT2D eigenvalue weighted by molar-refractivity contribution is 0.290. The molecule has 0 fully saturated rings. The van der Waals surface area contributed by atoms with E-state index in [9.17, 15) is 0 Å². The van der Waals surface area contributed by atoms with Crippen molar-refractivity contribution in [3.8, 4) is 11.8 Å². The molecule has 2 aromatic rings. The predicted octanol–water partition coefficient (Wildman–Crippen LogP) is 2.56. The summed E-state index contributed by atoms with van der Waals surface area (Å²) in [4.78, 5) is 0. The van der Waals surface area contributed by atoms with Gasteiger partial charge in [0.15, 0.2) is 5.76 Å². The van der Waals surface area contributed by atoms with Crippen LogP contribution in [0, 0.1) is 11.8 Å². The first kappa shape index (κ1) is 9.82. The highest BCUT2D eigenvalue weighted by Crippen LogP contribution is 2.17. The van der Waals surface area contributed by atoms with Gasteiger partial charge in [0.2, 0.25) is 0 Å². The van der Waals surface area contributed by atoms with Gasteiger partial charge in [-0.2, -0.15) is 0 Å². The van der Waals surface area contributed by atoms with E-state index in [0.717, 1.165) is 11.0 Å². The molecule has 2 nitrogen and oxygen atoms in total. The van der Waals surface area contributed by atoms with Gasteiger partial charge in [0.25, 0.3) is 0 Å². The first-order chi connectivity index (χ1) is 7.40. The third kappa shape index (κ3) is 2.39. The van der Waals surface area contributed by atoms with E-state index in [1.165, 1.54) is 0 Å². The van der Waals surface area contributed by atoms with Crippen LogP contribution < -0.4 is 0 Å². The average molecular weight is 200 g/mol. The zero-order valence-corrected chi connectivity index (χ0v) is 8.36. The molecule has 1 aromatic heterocycles. The van der Waals surface area contributed by atoms with Gasteiger partial charge < -0.3 is 9.52 Å². The van der Waals surface area contributed by atoms with E-state index < -0.39 is 0 Å². The highest BCUT2D eigenvalue weighted by molar-refractivity contribution is 5.78. The Morgan fingerprint density at radius 2 is 2.13 bits per heavy atom. The molecule has 0 atom stereocenters. The van der Waals surface area contributed by atoms with Gasteiger partial charge in [-0.05, 0) is 18.4 Å². The largest absolute Gasteiger partial charge is 0.448 e. The van der Waals surface area contributed by atoms with E-state index in [4.69, 9.17) is 9.52 Å². The summed E-state index contributed by atoms with van der Waals surface area (Å²) in [6, 6.07) is 9.77. The first-order valence-electron chi connectivity index (χ1n) is 4.98. The number of hydrogen-bond donors (Lipinski definition) is 1. The maximum Gasteiger partial charge on any atom is 0.178 e. The van der Waals surface area contributed by atoms with Crippen molar-refractivity contribution in [3.63, 3.8) is 0 Å². The van der Waals surface area contributed by atoms with Gasteiger partial charge in [-0.1, -0.05) is 24.1 Å². The Morgan fingerprint density at radius 1 is 1.27 bits per heavy atom. The molecular weight excluding hydrogens is 188 g/mol. The standard InChI is InChI=1S/C13H12O2/c14-9-5-1-2-7-12-10-11-6-3-4-8-13(11)15-12/h3-4,6,8,10,14H,1,5,9H2. The van der Waals surface area contributed by atoms with Crippen LogP contribution in [0.15, 0.2) is 34.7 Å². The van der Waals surface area contributed by atoms with Gasteiger partial charge in [0, 0.05) is 24.5 Å². The van der Waals surface area contributed by atoms with Crippen molar-refractivity contribution in [2.75, 3.05) is 6.61 Å². The summed E-state index contributed by atoms with van der Waals surface area (Å²) in [7, 11) is 0. The van der Waals surface area contributed by atoms with Gasteiger partial charge in [-0.15, -0.1) is 0 Å². The number of aliphatic hydroxyl groups excluding tert-OH is 1. The summed E-state index contributed by atoms with van der Waals surface area (Å²) in [5.74, 6) is 6.59. The molecule has 0 amide bonds. The van der Waals surface area contributed by atoms with Crippen molar-refractivity contribution >= 4 is 11.0 Å². The number of para-hydroxylation sites is 1. The van der Waals surface area contributed by atoms with E-state index in [1.807, 2.05) is 30.3 Å². The minimum Gasteiger partial charge on any atom is -0.448 e. The van der Waals surface area contributed by atoms with Crippen molar-refractivity contribution in [2.45, 2.75) is 12.8 Å². The molecule has 2 heteroatoms. The van der Waals surface area contributed by atoms with E-state index in [2.05, 4.69) is 11.8 Å². The highest BCUT2D eigenvalue weighted by atomic mass is 16.3. The molecule has 1 aromatic carbocycles. The molecular formula is C13H12O2. The number of furan rings is 1. The van der Waals surface area contributed by atoms with Crippen LogP contribution in [0.2, 0.25) is 0 Å². The normalized spacial score (nSPS) is 9.93. The Bertz CT molecular complexity index is 467. The van der Waals surface area contributed by atoms with Gasteiger partial charge in [-0.3, -0.25) is 0 Å². The number of hydrogen-bond acceptors (Lipinski definition) is 2. The molecule has 15 heavy (non-hydrogen) atoms. The fourth-order valence-electron chi connectivity index (χ4n) is 1.36. The Hall–Kier alpha value is -1.72. The van der Waals surface area contributed by atoms with Gasteiger partial charge in [-0.25, -0.2) is 0 Å². The minimum atomic E-state index is 0.189. The number of fused-ring (bicyclic) bond motifs is 1. The van der Waals surface area contributed by atoms with Crippen LogP contribution in [0.4, 0.5) is 0 Å². The predicted molar refractivity (Wildman–Crippen MR) is 59.4 cm³/mol. The fraction of sp³-hybridized carbons (Fsp3) is 0.231. The molecule has 0 saturated carbocycles. The molecule has 0 saturated heterocycles. The molecule has 0 bridgehead atoms. The average Bonchev–Trinajstić information content (AvgIpc) is 2.67. The van der Waals surface area contributed by atoms with Crippen LogP contribution in [0.5, 0.6) is 0 Å². The molecule has 0 aliphatic rings. The van der Waals surface area contributed by atoms with Gasteiger partial charge in [0.05, 0.1) is 0 Å². The second-order valence-corrected chi connectivity index (χ2v) is 3.28. The first-order valence-corrected chi connectivity index (χ1v) is 4.98. The molecule has 2 rings (SSSR count). The summed E-state index contributed by atoms with van der Waals surface area (Å²) >= 11 is 0. The van der Waals surface area contributed by atoms with Crippen molar-refractivity contribution in [3.05, 3.63) is 36.1 Å². The Kier molecular flexibility index (Phi) is 3.06. The minimum absolute atomic E-state index is 0.189. The zero-order chi connectivity index (χ0) is 10.5. The fourth-order valence-corrected chi connectivity index (χ4v) is 1.36. The zero-order valence-electron chi connectivity index (χ0n) is 8.36. The van der Waals surface area contributed by atoms with E-state index in [1.54, 1.807) is 0 Å². The maximum absolute atomic E-state index is 8.59. The lowest BCUT2D eigenvalue weighted by Crippen LogP contribution is -1.78. The van der Waals surface area contributed by atoms with Crippen molar-refractivity contribution in [1.82, 2.24) is 0 Å². The van der Waals surface area contributed by atoms with Crippen molar-refractivity contribution < 1.29 is 9.52 Å². The molecule has 0 radical (unpaired) electrons. The van der Waals surface area contributed by atoms with E-state index in [0.29, 0.717) is 18.6 Å². The Balaban J connectivity index is 2.17. The third-order valence-corrected chi connectivity index (χ3v) is 2.10. The highest BCUT2D eigenvalue weighted by Gasteiger charge is 1.98. The summed E-state index contributed by atoms with van der Waals surface area (Å²) in [5, 5.41) is 9.66. The lowest BCUT2D eigenvalue weighted by atomic mass is 10.2. The molecule has 0 unspecified atom stereocenters. The summed E-state index contributed by atoms with van der Waals surface area (Å²) in [5.41, 5.74) is 0.865. The van der Waals surface area contributed by atoms with Gasteiger partial charge in [0.1, 0.15) is 5.58 Å². The maximum atomic E-state index is 8.59. The van der Waals surface area contributed by atoms with Crippen LogP contribution in [0.1, 0.15) is 18.6 Å². The molecule has 1 heterocycles. The number of benzene rings is 1. The summed E-state index contributed by atoms with van der Waals surface area (Å²) in [6.07, 6.45) is 1.42.